The predicted molar refractivity (Wildman–Crippen MR) is 91.0 cm³/mol. The molecule has 0 radical (unpaired) electrons. The molecule has 2 aliphatic heterocycles. The van der Waals surface area contributed by atoms with Crippen molar-refractivity contribution in [2.45, 2.75) is 12.8 Å². The number of halogens is 1. The molecule has 2 aliphatic rings. The van der Waals surface area contributed by atoms with E-state index >= 15 is 0 Å². The Morgan fingerprint density at radius 1 is 1.40 bits per heavy atom. The van der Waals surface area contributed by atoms with E-state index in [1.165, 1.54) is 12.1 Å². The van der Waals surface area contributed by atoms with Gasteiger partial charge in [-0.2, -0.15) is 4.99 Å². The van der Waals surface area contributed by atoms with Gasteiger partial charge in [0.05, 0.1) is 4.91 Å². The summed E-state index contributed by atoms with van der Waals surface area (Å²) >= 11 is 1.13. The summed E-state index contributed by atoms with van der Waals surface area (Å²) in [6, 6.07) is 3.23. The van der Waals surface area contributed by atoms with Gasteiger partial charge in [0, 0.05) is 24.7 Å². The summed E-state index contributed by atoms with van der Waals surface area (Å²) in [6.45, 7) is 1.53. The van der Waals surface area contributed by atoms with E-state index in [1.54, 1.807) is 5.01 Å². The van der Waals surface area contributed by atoms with E-state index in [-0.39, 0.29) is 16.2 Å². The van der Waals surface area contributed by atoms with Gasteiger partial charge in [-0.25, -0.2) is 14.4 Å². The zero-order chi connectivity index (χ0) is 18.0. The first-order valence-electron chi connectivity index (χ1n) is 7.40. The van der Waals surface area contributed by atoms with Crippen molar-refractivity contribution in [2.24, 2.45) is 4.99 Å². The molecule has 0 unspecified atom stereocenters. The van der Waals surface area contributed by atoms with Crippen LogP contribution in [-0.2, 0) is 9.36 Å². The van der Waals surface area contributed by atoms with Crippen LogP contribution in [0.4, 0.5) is 4.39 Å². The van der Waals surface area contributed by atoms with Gasteiger partial charge < -0.3 is 4.52 Å². The first kappa shape index (κ1) is 18.1. The Hall–Kier alpha value is -1.71. The van der Waals surface area contributed by atoms with Crippen LogP contribution < -0.4 is 9.95 Å². The van der Waals surface area contributed by atoms with Crippen molar-refractivity contribution in [3.63, 3.8) is 0 Å². The van der Waals surface area contributed by atoms with E-state index in [4.69, 9.17) is 9.79 Å². The predicted octanol–water partition coefficient (Wildman–Crippen LogP) is 1.87. The number of phosphoric ester groups is 1. The van der Waals surface area contributed by atoms with Crippen LogP contribution in [0.3, 0.4) is 0 Å². The molecule has 0 saturated carbocycles. The lowest BCUT2D eigenvalue weighted by atomic mass is 10.2. The van der Waals surface area contributed by atoms with Crippen molar-refractivity contribution in [3.05, 3.63) is 34.5 Å². The molecule has 0 aliphatic carbocycles. The Morgan fingerprint density at radius 2 is 2.20 bits per heavy atom. The van der Waals surface area contributed by atoms with Crippen molar-refractivity contribution >= 4 is 36.7 Å². The third kappa shape index (κ3) is 4.68. The number of rotatable bonds is 3. The van der Waals surface area contributed by atoms with Crippen LogP contribution in [0.2, 0.25) is 0 Å². The summed E-state index contributed by atoms with van der Waals surface area (Å²) in [6.07, 6.45) is 3.40. The maximum absolute atomic E-state index is 13.4. The van der Waals surface area contributed by atoms with E-state index in [1.807, 2.05) is 0 Å². The fourth-order valence-corrected chi connectivity index (χ4v) is 3.67. The van der Waals surface area contributed by atoms with E-state index in [0.717, 1.165) is 49.8 Å². The molecule has 1 saturated heterocycles. The largest absolute Gasteiger partial charge is 0.524 e. The molecule has 1 amide bonds. The van der Waals surface area contributed by atoms with Gasteiger partial charge >= 0.3 is 7.82 Å². The van der Waals surface area contributed by atoms with Crippen LogP contribution in [0.1, 0.15) is 18.4 Å². The highest BCUT2D eigenvalue weighted by atomic mass is 32.2. The number of aliphatic imine (C=N–C) groups is 1. The first-order valence-corrected chi connectivity index (χ1v) is 9.75. The number of phosphoric acid groups is 1. The highest BCUT2D eigenvalue weighted by Crippen LogP contribution is 2.41. The van der Waals surface area contributed by atoms with Crippen LogP contribution in [0.25, 0.3) is 6.08 Å². The molecule has 25 heavy (non-hydrogen) atoms. The quantitative estimate of drug-likeness (QED) is 0.532. The molecule has 3 rings (SSSR count). The van der Waals surface area contributed by atoms with Crippen molar-refractivity contribution in [3.8, 4) is 5.75 Å². The SMILES string of the molecule is O=C1N=C(N2CCCCN2)SC1=Cc1ccc(F)cc1OP(=O)(O)O. The number of carbonyl (C=O) groups excluding carboxylic acids is 1. The topological polar surface area (TPSA) is 111 Å². The zero-order valence-corrected chi connectivity index (χ0v) is 14.6. The normalized spacial score (nSPS) is 20.1. The van der Waals surface area contributed by atoms with E-state index in [9.17, 15) is 13.8 Å². The lowest BCUT2D eigenvalue weighted by Crippen LogP contribution is -2.45. The van der Waals surface area contributed by atoms with Gasteiger partial charge in [-0.1, -0.05) is 0 Å². The van der Waals surface area contributed by atoms with Gasteiger partial charge in [-0.05, 0) is 42.8 Å². The zero-order valence-electron chi connectivity index (χ0n) is 12.9. The Balaban J connectivity index is 1.84. The number of nitrogens with zero attached hydrogens (tertiary/aromatic N) is 2. The summed E-state index contributed by atoms with van der Waals surface area (Å²) in [5, 5.41) is 2.31. The summed E-state index contributed by atoms with van der Waals surface area (Å²) in [7, 11) is -4.86. The minimum absolute atomic E-state index is 0.170. The molecule has 0 spiro atoms. The van der Waals surface area contributed by atoms with Crippen LogP contribution in [0, 0.1) is 5.82 Å². The molecule has 2 heterocycles. The average molecular weight is 387 g/mol. The van der Waals surface area contributed by atoms with Crippen molar-refractivity contribution in [2.75, 3.05) is 13.1 Å². The van der Waals surface area contributed by atoms with E-state index < -0.39 is 19.5 Å². The number of carbonyl (C=O) groups is 1. The molecule has 11 heteroatoms. The van der Waals surface area contributed by atoms with Crippen LogP contribution in [0.15, 0.2) is 28.1 Å². The third-order valence-electron chi connectivity index (χ3n) is 3.43. The lowest BCUT2D eigenvalue weighted by Gasteiger charge is -2.28. The van der Waals surface area contributed by atoms with Crippen molar-refractivity contribution < 1.29 is 28.1 Å². The van der Waals surface area contributed by atoms with Crippen molar-refractivity contribution in [1.29, 1.82) is 0 Å². The molecule has 3 N–H and O–H groups in total. The number of amides is 1. The minimum Gasteiger partial charge on any atom is -0.404 e. The fourth-order valence-electron chi connectivity index (χ4n) is 2.34. The standard InChI is InChI=1S/C14H15FN3O5PS/c15-10-4-3-9(11(8-10)23-24(20,21)22)7-12-13(19)17-14(25-12)18-6-2-1-5-16-18/h3-4,7-8,16H,1-2,5-6H2,(H2,20,21,22). The third-order valence-corrected chi connectivity index (χ3v) is 4.87. The summed E-state index contributed by atoms with van der Waals surface area (Å²) in [4.78, 5) is 34.2. The lowest BCUT2D eigenvalue weighted by molar-refractivity contribution is -0.113. The molecular formula is C14H15FN3O5PS. The average Bonchev–Trinajstić information content (AvgIpc) is 2.90. The molecule has 1 aromatic carbocycles. The molecule has 0 atom stereocenters. The highest BCUT2D eigenvalue weighted by Gasteiger charge is 2.28. The molecule has 0 aromatic heterocycles. The molecule has 0 bridgehead atoms. The Labute approximate surface area is 147 Å². The van der Waals surface area contributed by atoms with Gasteiger partial charge in [-0.15, -0.1) is 0 Å². The van der Waals surface area contributed by atoms with Gasteiger partial charge in [0.1, 0.15) is 11.6 Å². The van der Waals surface area contributed by atoms with Gasteiger partial charge in [0.25, 0.3) is 5.91 Å². The van der Waals surface area contributed by atoms with E-state index in [0.29, 0.717) is 5.17 Å². The second-order valence-electron chi connectivity index (χ2n) is 5.34. The number of hydrogen-bond donors (Lipinski definition) is 3. The molecule has 134 valence electrons. The smallest absolute Gasteiger partial charge is 0.404 e. The summed E-state index contributed by atoms with van der Waals surface area (Å²) < 4.78 is 28.9. The maximum Gasteiger partial charge on any atom is 0.524 e. The number of hydrogen-bond acceptors (Lipinski definition) is 6. The van der Waals surface area contributed by atoms with Gasteiger partial charge in [0.15, 0.2) is 5.17 Å². The Kier molecular flexibility index (Phi) is 5.26. The number of hydrazine groups is 1. The first-order chi connectivity index (χ1) is 11.8. The maximum atomic E-state index is 13.4. The number of nitrogens with one attached hydrogen (secondary N) is 1. The molecule has 8 nitrogen and oxygen atoms in total. The van der Waals surface area contributed by atoms with Crippen LogP contribution in [0.5, 0.6) is 5.75 Å². The fraction of sp³-hybridized carbons (Fsp3) is 0.286. The number of amidine groups is 1. The molecule has 1 fully saturated rings. The highest BCUT2D eigenvalue weighted by molar-refractivity contribution is 8.18. The Bertz CT molecular complexity index is 804. The van der Waals surface area contributed by atoms with Gasteiger partial charge in [0.2, 0.25) is 0 Å². The minimum atomic E-state index is -4.86. The molecule has 1 aromatic rings. The number of benzene rings is 1. The van der Waals surface area contributed by atoms with Crippen LogP contribution >= 0.6 is 19.6 Å². The summed E-state index contributed by atoms with van der Waals surface area (Å²) in [5.74, 6) is -1.54. The Morgan fingerprint density at radius 3 is 2.88 bits per heavy atom. The van der Waals surface area contributed by atoms with Crippen LogP contribution in [-0.4, -0.2) is 39.0 Å². The number of thioether (sulfide) groups is 1. The van der Waals surface area contributed by atoms with Gasteiger partial charge in [-0.3, -0.25) is 19.6 Å². The molecular weight excluding hydrogens is 372 g/mol. The van der Waals surface area contributed by atoms with E-state index in [2.05, 4.69) is 14.9 Å². The monoisotopic (exact) mass is 387 g/mol. The second-order valence-corrected chi connectivity index (χ2v) is 7.51. The van der Waals surface area contributed by atoms with Crippen molar-refractivity contribution in [1.82, 2.24) is 10.4 Å². The summed E-state index contributed by atoms with van der Waals surface area (Å²) in [5.41, 5.74) is 3.31. The second kappa shape index (κ2) is 7.27.